The highest BCUT2D eigenvalue weighted by molar-refractivity contribution is 6.10. The van der Waals surface area contributed by atoms with E-state index < -0.39 is 0 Å². The summed E-state index contributed by atoms with van der Waals surface area (Å²) < 4.78 is 2.36. The molecule has 1 heterocycles. The van der Waals surface area contributed by atoms with Crippen molar-refractivity contribution in [3.63, 3.8) is 0 Å². The highest BCUT2D eigenvalue weighted by Gasteiger charge is 2.13. The van der Waals surface area contributed by atoms with Crippen LogP contribution in [-0.2, 0) is 0 Å². The first-order chi connectivity index (χ1) is 13.8. The molecule has 5 aromatic rings. The van der Waals surface area contributed by atoms with Gasteiger partial charge in [0.15, 0.2) is 0 Å². The van der Waals surface area contributed by atoms with E-state index in [1.54, 1.807) is 0 Å². The molecular formula is C27H25N. The fraction of sp³-hybridized carbons (Fsp3) is 0.111. The van der Waals surface area contributed by atoms with Gasteiger partial charge in [0.05, 0.1) is 11.0 Å². The van der Waals surface area contributed by atoms with Gasteiger partial charge in [0, 0.05) is 16.5 Å². The molecule has 0 bridgehead atoms. The van der Waals surface area contributed by atoms with Crippen LogP contribution in [-0.4, -0.2) is 4.57 Å². The van der Waals surface area contributed by atoms with Crippen molar-refractivity contribution in [3.05, 3.63) is 103 Å². The SMILES string of the molecule is CC.Cc1ccc2c(c1)c1cc(-c3ccccc3)ccc1n2-c1ccccc1. The van der Waals surface area contributed by atoms with Crippen molar-refractivity contribution in [1.82, 2.24) is 4.57 Å². The van der Waals surface area contributed by atoms with Crippen molar-refractivity contribution < 1.29 is 0 Å². The topological polar surface area (TPSA) is 4.93 Å². The van der Waals surface area contributed by atoms with E-state index in [-0.39, 0.29) is 0 Å². The number of nitrogens with zero attached hydrogens (tertiary/aromatic N) is 1. The van der Waals surface area contributed by atoms with E-state index in [1.807, 2.05) is 13.8 Å². The zero-order chi connectivity index (χ0) is 19.5. The van der Waals surface area contributed by atoms with Crippen LogP contribution < -0.4 is 0 Å². The molecule has 0 saturated heterocycles. The van der Waals surface area contributed by atoms with Gasteiger partial charge in [-0.25, -0.2) is 0 Å². The minimum Gasteiger partial charge on any atom is -0.309 e. The molecular weight excluding hydrogens is 338 g/mol. The Bertz CT molecular complexity index is 1220. The molecule has 0 unspecified atom stereocenters. The Kier molecular flexibility index (Phi) is 4.99. The summed E-state index contributed by atoms with van der Waals surface area (Å²) in [5.41, 5.74) is 7.49. The highest BCUT2D eigenvalue weighted by atomic mass is 15.0. The van der Waals surface area contributed by atoms with Crippen molar-refractivity contribution in [2.45, 2.75) is 20.8 Å². The minimum atomic E-state index is 1.20. The van der Waals surface area contributed by atoms with Gasteiger partial charge in [-0.2, -0.15) is 0 Å². The molecule has 28 heavy (non-hydrogen) atoms. The summed E-state index contributed by atoms with van der Waals surface area (Å²) in [6.45, 7) is 6.16. The third-order valence-corrected chi connectivity index (χ3v) is 5.04. The van der Waals surface area contributed by atoms with E-state index in [4.69, 9.17) is 0 Å². The summed E-state index contributed by atoms with van der Waals surface area (Å²) in [6, 6.07) is 34.7. The number of hydrogen-bond donors (Lipinski definition) is 0. The predicted octanol–water partition coefficient (Wildman–Crippen LogP) is 7.79. The van der Waals surface area contributed by atoms with Crippen molar-refractivity contribution in [2.75, 3.05) is 0 Å². The van der Waals surface area contributed by atoms with Gasteiger partial charge in [0.1, 0.15) is 0 Å². The second-order valence-electron chi connectivity index (χ2n) is 6.79. The van der Waals surface area contributed by atoms with E-state index >= 15 is 0 Å². The van der Waals surface area contributed by atoms with Crippen LogP contribution >= 0.6 is 0 Å². The normalized spacial score (nSPS) is 10.7. The van der Waals surface area contributed by atoms with Gasteiger partial charge >= 0.3 is 0 Å². The Balaban J connectivity index is 0.000000932. The summed E-state index contributed by atoms with van der Waals surface area (Å²) in [5.74, 6) is 0. The average Bonchev–Trinajstić information content (AvgIpc) is 3.09. The molecule has 1 nitrogen and oxygen atoms in total. The number of hydrogen-bond acceptors (Lipinski definition) is 0. The first kappa shape index (κ1) is 18.1. The molecule has 5 rings (SSSR count). The summed E-state index contributed by atoms with van der Waals surface area (Å²) in [4.78, 5) is 0. The van der Waals surface area contributed by atoms with Crippen molar-refractivity contribution >= 4 is 21.8 Å². The lowest BCUT2D eigenvalue weighted by Crippen LogP contribution is -1.93. The molecule has 0 N–H and O–H groups in total. The van der Waals surface area contributed by atoms with Gasteiger partial charge in [-0.1, -0.05) is 80.1 Å². The average molecular weight is 364 g/mol. The van der Waals surface area contributed by atoms with Crippen molar-refractivity contribution in [1.29, 1.82) is 0 Å². The van der Waals surface area contributed by atoms with Crippen LogP contribution in [0, 0.1) is 6.92 Å². The number of fused-ring (bicyclic) bond motifs is 3. The Hall–Kier alpha value is -3.32. The maximum Gasteiger partial charge on any atom is 0.0541 e. The van der Waals surface area contributed by atoms with Gasteiger partial charge < -0.3 is 4.57 Å². The third kappa shape index (κ3) is 3.10. The number of benzene rings is 4. The smallest absolute Gasteiger partial charge is 0.0541 e. The lowest BCUT2D eigenvalue weighted by Gasteiger charge is -2.08. The largest absolute Gasteiger partial charge is 0.309 e. The molecule has 138 valence electrons. The quantitative estimate of drug-likeness (QED) is 0.302. The summed E-state index contributed by atoms with van der Waals surface area (Å²) >= 11 is 0. The van der Waals surface area contributed by atoms with Crippen LogP contribution in [0.15, 0.2) is 97.1 Å². The summed E-state index contributed by atoms with van der Waals surface area (Å²) in [7, 11) is 0. The fourth-order valence-electron chi connectivity index (χ4n) is 3.80. The molecule has 0 spiro atoms. The summed E-state index contributed by atoms with van der Waals surface area (Å²) in [6.07, 6.45) is 0. The first-order valence-corrected chi connectivity index (χ1v) is 9.97. The Labute approximate surface area is 166 Å². The standard InChI is InChI=1S/C25H19N.C2H6/c1-18-12-14-24-22(16-18)23-17-20(19-8-4-2-5-9-19)13-15-25(23)26(24)21-10-6-3-7-11-21;1-2/h2-17H,1H3;1-2H3. The summed E-state index contributed by atoms with van der Waals surface area (Å²) in [5, 5.41) is 2.61. The fourth-order valence-corrected chi connectivity index (χ4v) is 3.80. The second kappa shape index (κ2) is 7.74. The van der Waals surface area contributed by atoms with Gasteiger partial charge in [0.2, 0.25) is 0 Å². The Morgan fingerprint density at radius 3 is 1.79 bits per heavy atom. The molecule has 0 aliphatic carbocycles. The van der Waals surface area contributed by atoms with Crippen molar-refractivity contribution in [3.8, 4) is 16.8 Å². The molecule has 0 amide bonds. The highest BCUT2D eigenvalue weighted by Crippen LogP contribution is 2.35. The molecule has 4 aromatic carbocycles. The molecule has 1 heteroatoms. The van der Waals surface area contributed by atoms with E-state index in [9.17, 15) is 0 Å². The number of aromatic nitrogens is 1. The van der Waals surface area contributed by atoms with Crippen LogP contribution in [0.1, 0.15) is 19.4 Å². The van der Waals surface area contributed by atoms with Crippen LogP contribution in [0.25, 0.3) is 38.6 Å². The lowest BCUT2D eigenvalue weighted by atomic mass is 10.0. The maximum atomic E-state index is 2.36. The molecule has 0 aliphatic heterocycles. The monoisotopic (exact) mass is 363 g/mol. The third-order valence-electron chi connectivity index (χ3n) is 5.04. The van der Waals surface area contributed by atoms with Gasteiger partial charge in [-0.05, 0) is 54.4 Å². The van der Waals surface area contributed by atoms with Crippen LogP contribution in [0.4, 0.5) is 0 Å². The molecule has 0 fully saturated rings. The first-order valence-electron chi connectivity index (χ1n) is 9.97. The number of para-hydroxylation sites is 1. The zero-order valence-corrected chi connectivity index (χ0v) is 16.7. The Morgan fingerprint density at radius 1 is 0.536 bits per heavy atom. The van der Waals surface area contributed by atoms with Crippen LogP contribution in [0.5, 0.6) is 0 Å². The minimum absolute atomic E-state index is 1.20. The van der Waals surface area contributed by atoms with Gasteiger partial charge in [-0.3, -0.25) is 0 Å². The van der Waals surface area contributed by atoms with Crippen molar-refractivity contribution in [2.24, 2.45) is 0 Å². The molecule has 0 atom stereocenters. The predicted molar refractivity (Wildman–Crippen MR) is 122 cm³/mol. The van der Waals surface area contributed by atoms with E-state index in [0.29, 0.717) is 0 Å². The maximum absolute atomic E-state index is 2.36. The number of rotatable bonds is 2. The van der Waals surface area contributed by atoms with E-state index in [1.165, 1.54) is 44.2 Å². The van der Waals surface area contributed by atoms with Crippen LogP contribution in [0.2, 0.25) is 0 Å². The molecule has 0 saturated carbocycles. The molecule has 1 aromatic heterocycles. The Morgan fingerprint density at radius 2 is 1.11 bits per heavy atom. The van der Waals surface area contributed by atoms with E-state index in [0.717, 1.165) is 0 Å². The second-order valence-corrected chi connectivity index (χ2v) is 6.79. The lowest BCUT2D eigenvalue weighted by molar-refractivity contribution is 1.18. The zero-order valence-electron chi connectivity index (χ0n) is 16.7. The van der Waals surface area contributed by atoms with Gasteiger partial charge in [-0.15, -0.1) is 0 Å². The van der Waals surface area contributed by atoms with E-state index in [2.05, 4.69) is 109 Å². The van der Waals surface area contributed by atoms with Crippen LogP contribution in [0.3, 0.4) is 0 Å². The molecule has 0 radical (unpaired) electrons. The number of aryl methyl sites for hydroxylation is 1. The van der Waals surface area contributed by atoms with Gasteiger partial charge in [0.25, 0.3) is 0 Å². The molecule has 0 aliphatic rings.